The molecular formula is C16H19N4O2+. The molecule has 0 heterocycles. The highest BCUT2D eigenvalue weighted by molar-refractivity contribution is 5.78. The first-order valence-electron chi connectivity index (χ1n) is 6.71. The molecular weight excluding hydrogens is 280 g/mol. The number of benzene rings is 2. The third kappa shape index (κ3) is 4.52. The lowest BCUT2D eigenvalue weighted by atomic mass is 10.2. The van der Waals surface area contributed by atoms with Gasteiger partial charge in [0.1, 0.15) is 6.61 Å². The number of rotatable bonds is 6. The van der Waals surface area contributed by atoms with Gasteiger partial charge in [0.2, 0.25) is 6.21 Å². The average molecular weight is 299 g/mol. The van der Waals surface area contributed by atoms with Crippen LogP contribution in [0.25, 0.3) is 0 Å². The number of nitrogens with two attached hydrogens (primary N) is 2. The van der Waals surface area contributed by atoms with E-state index in [4.69, 9.17) is 20.9 Å². The van der Waals surface area contributed by atoms with Gasteiger partial charge in [-0.25, -0.2) is 0 Å². The fourth-order valence-corrected chi connectivity index (χ4v) is 1.81. The van der Waals surface area contributed by atoms with Gasteiger partial charge in [-0.1, -0.05) is 30.3 Å². The van der Waals surface area contributed by atoms with Gasteiger partial charge in [0.05, 0.1) is 7.11 Å². The molecule has 5 N–H and O–H groups in total. The van der Waals surface area contributed by atoms with Crippen LogP contribution in [-0.4, -0.2) is 19.3 Å². The van der Waals surface area contributed by atoms with Gasteiger partial charge in [-0.2, -0.15) is 0 Å². The Kier molecular flexibility index (Phi) is 5.37. The largest absolute Gasteiger partial charge is 0.493 e. The normalized spacial score (nSPS) is 10.4. The van der Waals surface area contributed by atoms with Crippen LogP contribution in [-0.2, 0) is 6.61 Å². The molecule has 0 amide bonds. The molecule has 0 atom stereocenters. The van der Waals surface area contributed by atoms with Crippen LogP contribution >= 0.6 is 0 Å². The Labute approximate surface area is 129 Å². The Hall–Kier alpha value is -3.02. The van der Waals surface area contributed by atoms with Crippen molar-refractivity contribution in [1.82, 2.24) is 0 Å². The van der Waals surface area contributed by atoms with Crippen LogP contribution in [0.5, 0.6) is 11.5 Å². The Balaban J connectivity index is 2.09. The molecule has 0 aromatic heterocycles. The quantitative estimate of drug-likeness (QED) is 0.396. The van der Waals surface area contributed by atoms with Crippen LogP contribution in [0.15, 0.2) is 53.6 Å². The molecule has 114 valence electrons. The van der Waals surface area contributed by atoms with Gasteiger partial charge in [-0.15, -0.1) is 5.10 Å². The first-order valence-corrected chi connectivity index (χ1v) is 6.71. The number of hydrogen-bond donors (Lipinski definition) is 3. The zero-order chi connectivity index (χ0) is 15.8. The molecule has 0 spiro atoms. The van der Waals surface area contributed by atoms with E-state index < -0.39 is 0 Å². The van der Waals surface area contributed by atoms with E-state index in [0.717, 1.165) is 11.1 Å². The number of ether oxygens (including phenoxy) is 2. The van der Waals surface area contributed by atoms with Crippen molar-refractivity contribution < 1.29 is 14.6 Å². The lowest BCUT2D eigenvalue weighted by Crippen LogP contribution is -2.63. The van der Waals surface area contributed by atoms with E-state index in [2.05, 4.69) is 10.2 Å². The Morgan fingerprint density at radius 2 is 1.91 bits per heavy atom. The fraction of sp³-hybridized carbons (Fsp3) is 0.125. The van der Waals surface area contributed by atoms with Gasteiger partial charge in [-0.3, -0.25) is 0 Å². The second-order valence-corrected chi connectivity index (χ2v) is 4.49. The number of nitrogens with zero attached hydrogens (tertiary/aromatic N) is 1. The van der Waals surface area contributed by atoms with Crippen molar-refractivity contribution in [3.8, 4) is 11.5 Å². The monoisotopic (exact) mass is 299 g/mol. The highest BCUT2D eigenvalue weighted by Crippen LogP contribution is 2.28. The summed E-state index contributed by atoms with van der Waals surface area (Å²) in [5, 5.41) is 6.31. The van der Waals surface area contributed by atoms with E-state index in [0.29, 0.717) is 18.1 Å². The van der Waals surface area contributed by atoms with Crippen LogP contribution in [0.3, 0.4) is 0 Å². The van der Waals surface area contributed by atoms with Crippen LogP contribution in [0.2, 0.25) is 0 Å². The second-order valence-electron chi connectivity index (χ2n) is 4.49. The van der Waals surface area contributed by atoms with E-state index in [1.807, 2.05) is 48.5 Å². The lowest BCUT2D eigenvalue weighted by molar-refractivity contribution is -0.456. The average Bonchev–Trinajstić information content (AvgIpc) is 2.54. The number of guanidine groups is 1. The third-order valence-corrected chi connectivity index (χ3v) is 2.85. The molecule has 0 saturated heterocycles. The highest BCUT2D eigenvalue weighted by atomic mass is 16.5. The molecule has 0 fully saturated rings. The molecule has 0 bridgehead atoms. The van der Waals surface area contributed by atoms with Crippen molar-refractivity contribution in [2.45, 2.75) is 6.61 Å². The summed E-state index contributed by atoms with van der Waals surface area (Å²) in [5.74, 6) is 1.27. The lowest BCUT2D eigenvalue weighted by Gasteiger charge is -2.10. The molecule has 2 aromatic rings. The van der Waals surface area contributed by atoms with Crippen molar-refractivity contribution in [3.63, 3.8) is 0 Å². The summed E-state index contributed by atoms with van der Waals surface area (Å²) in [4.78, 5) is 0. The van der Waals surface area contributed by atoms with Gasteiger partial charge in [0, 0.05) is 10.7 Å². The Morgan fingerprint density at radius 3 is 2.59 bits per heavy atom. The summed E-state index contributed by atoms with van der Waals surface area (Å²) < 4.78 is 11.1. The minimum Gasteiger partial charge on any atom is -0.493 e. The zero-order valence-electron chi connectivity index (χ0n) is 12.3. The Morgan fingerprint density at radius 1 is 1.14 bits per heavy atom. The minimum atomic E-state index is -0.0361. The van der Waals surface area contributed by atoms with E-state index in [1.54, 1.807) is 13.3 Å². The molecule has 22 heavy (non-hydrogen) atoms. The number of methoxy groups -OCH3 is 1. The van der Waals surface area contributed by atoms with Crippen LogP contribution in [0.4, 0.5) is 0 Å². The standard InChI is InChI=1S/C16H18N4O2/c1-21-15-9-13(10-19-20-16(17)18)7-8-14(15)22-11-12-5-3-2-4-6-12/h2-10H,11H2,1H3,(H4,17,18,20)/p+1/b19-10-. The Bertz CT molecular complexity index is 665. The fourth-order valence-electron chi connectivity index (χ4n) is 1.81. The summed E-state index contributed by atoms with van der Waals surface area (Å²) in [6.07, 6.45) is 1.66. The topological polar surface area (TPSA) is 96.8 Å². The third-order valence-electron chi connectivity index (χ3n) is 2.85. The van der Waals surface area contributed by atoms with Crippen molar-refractivity contribution >= 4 is 12.2 Å². The summed E-state index contributed by atoms with van der Waals surface area (Å²) in [7, 11) is 1.60. The van der Waals surface area contributed by atoms with Crippen molar-refractivity contribution in [3.05, 3.63) is 59.7 Å². The molecule has 0 aliphatic rings. The predicted molar refractivity (Wildman–Crippen MR) is 85.7 cm³/mol. The van der Waals surface area contributed by atoms with E-state index >= 15 is 0 Å². The molecule has 0 aliphatic heterocycles. The molecule has 0 saturated carbocycles. The molecule has 2 rings (SSSR count). The highest BCUT2D eigenvalue weighted by Gasteiger charge is 2.06. The van der Waals surface area contributed by atoms with Crippen molar-refractivity contribution in [2.75, 3.05) is 7.11 Å². The maximum atomic E-state index is 5.78. The van der Waals surface area contributed by atoms with Gasteiger partial charge in [0.25, 0.3) is 5.96 Å². The number of hydrazone groups is 1. The molecule has 0 aliphatic carbocycles. The molecule has 0 radical (unpaired) electrons. The molecule has 6 heteroatoms. The summed E-state index contributed by atoms with van der Waals surface area (Å²) >= 11 is 0. The van der Waals surface area contributed by atoms with Crippen molar-refractivity contribution in [2.24, 2.45) is 16.6 Å². The number of hydrogen-bond acceptors (Lipinski definition) is 3. The smallest absolute Gasteiger partial charge is 0.256 e. The van der Waals surface area contributed by atoms with Crippen LogP contribution in [0.1, 0.15) is 11.1 Å². The van der Waals surface area contributed by atoms with E-state index in [9.17, 15) is 0 Å². The van der Waals surface area contributed by atoms with Gasteiger partial charge < -0.3 is 20.9 Å². The van der Waals surface area contributed by atoms with Crippen LogP contribution < -0.4 is 26.0 Å². The second kappa shape index (κ2) is 7.68. The summed E-state index contributed by atoms with van der Waals surface area (Å²) in [6.45, 7) is 0.479. The minimum absolute atomic E-state index is 0.0361. The summed E-state index contributed by atoms with van der Waals surface area (Å²) in [5.41, 5.74) is 12.4. The maximum absolute atomic E-state index is 5.78. The first-order chi connectivity index (χ1) is 10.7. The number of nitrogens with one attached hydrogen (secondary N) is 1. The van der Waals surface area contributed by atoms with Gasteiger partial charge in [-0.05, 0) is 23.8 Å². The maximum Gasteiger partial charge on any atom is 0.256 e. The van der Waals surface area contributed by atoms with Crippen molar-refractivity contribution in [1.29, 1.82) is 0 Å². The zero-order valence-corrected chi connectivity index (χ0v) is 12.3. The molecule has 6 nitrogen and oxygen atoms in total. The SMILES string of the molecule is COc1cc(/C=[NH+]\N=C(N)N)ccc1OCc1ccccc1. The van der Waals surface area contributed by atoms with Crippen LogP contribution in [0, 0.1) is 0 Å². The summed E-state index contributed by atoms with van der Waals surface area (Å²) in [6, 6.07) is 15.5. The molecule has 0 unspecified atom stereocenters. The van der Waals surface area contributed by atoms with Gasteiger partial charge >= 0.3 is 0 Å². The van der Waals surface area contributed by atoms with E-state index in [1.165, 1.54) is 0 Å². The predicted octanol–water partition coefficient (Wildman–Crippen LogP) is -0.0379. The first kappa shape index (κ1) is 15.4. The van der Waals surface area contributed by atoms with E-state index in [-0.39, 0.29) is 5.96 Å². The molecule has 2 aromatic carbocycles. The van der Waals surface area contributed by atoms with Gasteiger partial charge in [0.15, 0.2) is 11.5 Å².